The average molecular weight is 396 g/mol. The van der Waals surface area contributed by atoms with Crippen molar-refractivity contribution in [1.29, 1.82) is 0 Å². The van der Waals surface area contributed by atoms with Crippen LogP contribution in [0.1, 0.15) is 39.0 Å². The standard InChI is InChI=1S/C20H29N3O3.ClH/c1-2-26-18-10-6-5-9-17(18)23-13-15(11-19(23)24)20(25)22-16-8-4-3-7-14(16)12-21;/h5-6,9-10,14-16H,2-4,7-8,11-13,21H2,1H3,(H,22,25);1H. The van der Waals surface area contributed by atoms with Crippen LogP contribution in [0.25, 0.3) is 0 Å². The molecule has 3 unspecified atom stereocenters. The lowest BCUT2D eigenvalue weighted by molar-refractivity contribution is -0.127. The molecule has 2 amide bonds. The summed E-state index contributed by atoms with van der Waals surface area (Å²) in [6.45, 7) is 3.44. The molecule has 1 aliphatic heterocycles. The maximum Gasteiger partial charge on any atom is 0.227 e. The highest BCUT2D eigenvalue weighted by Crippen LogP contribution is 2.33. The largest absolute Gasteiger partial charge is 0.492 e. The highest BCUT2D eigenvalue weighted by atomic mass is 35.5. The Morgan fingerprint density at radius 2 is 2.04 bits per heavy atom. The van der Waals surface area contributed by atoms with E-state index in [9.17, 15) is 9.59 Å². The van der Waals surface area contributed by atoms with Gasteiger partial charge in [-0.3, -0.25) is 9.59 Å². The number of nitrogens with one attached hydrogen (secondary N) is 1. The highest BCUT2D eigenvalue weighted by molar-refractivity contribution is 6.01. The number of nitrogens with zero attached hydrogens (tertiary/aromatic N) is 1. The van der Waals surface area contributed by atoms with E-state index in [2.05, 4.69) is 5.32 Å². The first-order chi connectivity index (χ1) is 12.6. The predicted molar refractivity (Wildman–Crippen MR) is 108 cm³/mol. The Morgan fingerprint density at radius 3 is 2.78 bits per heavy atom. The van der Waals surface area contributed by atoms with Crippen LogP contribution in [-0.2, 0) is 9.59 Å². The molecule has 1 heterocycles. The highest BCUT2D eigenvalue weighted by Gasteiger charge is 2.37. The van der Waals surface area contributed by atoms with Gasteiger partial charge in [-0.1, -0.05) is 25.0 Å². The minimum Gasteiger partial charge on any atom is -0.492 e. The van der Waals surface area contributed by atoms with Crippen LogP contribution in [0.15, 0.2) is 24.3 Å². The molecular weight excluding hydrogens is 366 g/mol. The van der Waals surface area contributed by atoms with Crippen molar-refractivity contribution in [3.05, 3.63) is 24.3 Å². The molecule has 1 aromatic carbocycles. The third-order valence-electron chi connectivity index (χ3n) is 5.49. The molecule has 2 aliphatic rings. The topological polar surface area (TPSA) is 84.7 Å². The van der Waals surface area contributed by atoms with Gasteiger partial charge in [-0.15, -0.1) is 12.4 Å². The van der Waals surface area contributed by atoms with Crippen molar-refractivity contribution in [3.63, 3.8) is 0 Å². The summed E-state index contributed by atoms with van der Waals surface area (Å²) in [5.41, 5.74) is 6.60. The van der Waals surface area contributed by atoms with Crippen LogP contribution in [0.5, 0.6) is 5.75 Å². The van der Waals surface area contributed by atoms with Gasteiger partial charge in [0, 0.05) is 19.0 Å². The number of benzene rings is 1. The van der Waals surface area contributed by atoms with E-state index in [-0.39, 0.29) is 42.6 Å². The SMILES string of the molecule is CCOc1ccccc1N1CC(C(=O)NC2CCCCC2CN)CC1=O.Cl. The van der Waals surface area contributed by atoms with Gasteiger partial charge in [0.1, 0.15) is 5.75 Å². The molecule has 0 spiro atoms. The number of carbonyl (C=O) groups is 2. The number of ether oxygens (including phenoxy) is 1. The normalized spacial score (nSPS) is 25.0. The average Bonchev–Trinajstić information content (AvgIpc) is 3.04. The lowest BCUT2D eigenvalue weighted by Crippen LogP contribution is -2.47. The van der Waals surface area contributed by atoms with Crippen LogP contribution in [-0.4, -0.2) is 37.6 Å². The first kappa shape index (κ1) is 21.5. The van der Waals surface area contributed by atoms with E-state index in [1.54, 1.807) is 4.90 Å². The smallest absolute Gasteiger partial charge is 0.227 e. The monoisotopic (exact) mass is 395 g/mol. The number of rotatable bonds is 6. The lowest BCUT2D eigenvalue weighted by atomic mass is 9.84. The Bertz CT molecular complexity index is 655. The summed E-state index contributed by atoms with van der Waals surface area (Å²) < 4.78 is 5.64. The van der Waals surface area contributed by atoms with E-state index in [0.717, 1.165) is 24.9 Å². The van der Waals surface area contributed by atoms with Crippen molar-refractivity contribution in [2.24, 2.45) is 17.6 Å². The second-order valence-corrected chi connectivity index (χ2v) is 7.20. The summed E-state index contributed by atoms with van der Waals surface area (Å²) in [5.74, 6) is 0.647. The minimum absolute atomic E-state index is 0. The number of amides is 2. The molecule has 3 N–H and O–H groups in total. The Morgan fingerprint density at radius 1 is 1.30 bits per heavy atom. The molecule has 1 aliphatic carbocycles. The fourth-order valence-electron chi connectivity index (χ4n) is 4.05. The zero-order valence-electron chi connectivity index (χ0n) is 15.9. The number of halogens is 1. The zero-order valence-corrected chi connectivity index (χ0v) is 16.7. The number of carbonyl (C=O) groups excluding carboxylic acids is 2. The number of hydrogen-bond acceptors (Lipinski definition) is 4. The van der Waals surface area contributed by atoms with Gasteiger partial charge in [0.15, 0.2) is 0 Å². The van der Waals surface area contributed by atoms with E-state index in [1.165, 1.54) is 6.42 Å². The minimum atomic E-state index is -0.322. The molecular formula is C20H30ClN3O3. The number of anilines is 1. The number of hydrogen-bond donors (Lipinski definition) is 2. The van der Waals surface area contributed by atoms with Crippen LogP contribution in [0, 0.1) is 11.8 Å². The van der Waals surface area contributed by atoms with Gasteiger partial charge in [-0.25, -0.2) is 0 Å². The molecule has 3 rings (SSSR count). The van der Waals surface area contributed by atoms with Crippen molar-refractivity contribution in [2.75, 3.05) is 24.6 Å². The van der Waals surface area contributed by atoms with Gasteiger partial charge >= 0.3 is 0 Å². The van der Waals surface area contributed by atoms with Crippen molar-refractivity contribution >= 4 is 29.9 Å². The third kappa shape index (κ3) is 4.93. The first-order valence-electron chi connectivity index (χ1n) is 9.66. The maximum atomic E-state index is 12.7. The van der Waals surface area contributed by atoms with Gasteiger partial charge in [-0.2, -0.15) is 0 Å². The Labute approximate surface area is 167 Å². The van der Waals surface area contributed by atoms with Crippen LogP contribution >= 0.6 is 12.4 Å². The molecule has 3 atom stereocenters. The molecule has 150 valence electrons. The third-order valence-corrected chi connectivity index (χ3v) is 5.49. The van der Waals surface area contributed by atoms with E-state index < -0.39 is 0 Å². The van der Waals surface area contributed by atoms with Gasteiger partial charge in [0.25, 0.3) is 0 Å². The van der Waals surface area contributed by atoms with Crippen LogP contribution in [0.2, 0.25) is 0 Å². The summed E-state index contributed by atoms with van der Waals surface area (Å²) in [6.07, 6.45) is 4.59. The molecule has 0 radical (unpaired) electrons. The Balaban J connectivity index is 0.00000261. The second-order valence-electron chi connectivity index (χ2n) is 7.20. The predicted octanol–water partition coefficient (Wildman–Crippen LogP) is 2.49. The molecule has 0 aromatic heterocycles. The summed E-state index contributed by atoms with van der Waals surface area (Å²) in [7, 11) is 0. The summed E-state index contributed by atoms with van der Waals surface area (Å²) in [6, 6.07) is 7.63. The molecule has 1 saturated carbocycles. The van der Waals surface area contributed by atoms with Gasteiger partial charge in [-0.05, 0) is 44.4 Å². The summed E-state index contributed by atoms with van der Waals surface area (Å²) in [5, 5.41) is 3.17. The summed E-state index contributed by atoms with van der Waals surface area (Å²) in [4.78, 5) is 27.0. The van der Waals surface area contributed by atoms with Crippen LogP contribution in [0.3, 0.4) is 0 Å². The van der Waals surface area contributed by atoms with Gasteiger partial charge in [0.2, 0.25) is 11.8 Å². The molecule has 7 heteroatoms. The number of nitrogens with two attached hydrogens (primary N) is 1. The zero-order chi connectivity index (χ0) is 18.5. The molecule has 1 saturated heterocycles. The van der Waals surface area contributed by atoms with Crippen molar-refractivity contribution in [1.82, 2.24) is 5.32 Å². The van der Waals surface area contributed by atoms with Crippen molar-refractivity contribution in [3.8, 4) is 5.75 Å². The molecule has 0 bridgehead atoms. The quantitative estimate of drug-likeness (QED) is 0.775. The lowest BCUT2D eigenvalue weighted by Gasteiger charge is -2.32. The van der Waals surface area contributed by atoms with Crippen LogP contribution < -0.4 is 20.7 Å². The molecule has 27 heavy (non-hydrogen) atoms. The van der Waals surface area contributed by atoms with Crippen molar-refractivity contribution < 1.29 is 14.3 Å². The molecule has 1 aromatic rings. The molecule has 2 fully saturated rings. The Hall–Kier alpha value is -1.79. The van der Waals surface area contributed by atoms with E-state index in [4.69, 9.17) is 10.5 Å². The van der Waals surface area contributed by atoms with E-state index in [0.29, 0.717) is 31.4 Å². The first-order valence-corrected chi connectivity index (χ1v) is 9.66. The maximum absolute atomic E-state index is 12.7. The van der Waals surface area contributed by atoms with Gasteiger partial charge in [0.05, 0.1) is 18.2 Å². The fourth-order valence-corrected chi connectivity index (χ4v) is 4.05. The van der Waals surface area contributed by atoms with E-state index >= 15 is 0 Å². The number of para-hydroxylation sites is 2. The van der Waals surface area contributed by atoms with Crippen LogP contribution in [0.4, 0.5) is 5.69 Å². The van der Waals surface area contributed by atoms with E-state index in [1.807, 2.05) is 31.2 Å². The second kappa shape index (κ2) is 9.95. The van der Waals surface area contributed by atoms with Gasteiger partial charge < -0.3 is 20.7 Å². The fraction of sp³-hybridized carbons (Fsp3) is 0.600. The summed E-state index contributed by atoms with van der Waals surface area (Å²) >= 11 is 0. The Kier molecular flexibility index (Phi) is 7.92. The molecule has 6 nitrogen and oxygen atoms in total. The van der Waals surface area contributed by atoms with Crippen molar-refractivity contribution in [2.45, 2.75) is 45.1 Å².